The second kappa shape index (κ2) is 7.57. The van der Waals surface area contributed by atoms with Crippen LogP contribution in [0.5, 0.6) is 5.75 Å². The predicted molar refractivity (Wildman–Crippen MR) is 127 cm³/mol. The fourth-order valence-corrected chi connectivity index (χ4v) is 6.86. The number of carbonyl (C=O) groups is 1. The Hall–Kier alpha value is -2.85. The average Bonchev–Trinajstić information content (AvgIpc) is 3.32. The molecule has 4 aromatic rings. The van der Waals surface area contributed by atoms with Crippen molar-refractivity contribution in [2.45, 2.75) is 31.6 Å². The molecule has 0 saturated heterocycles. The van der Waals surface area contributed by atoms with Gasteiger partial charge in [-0.2, -0.15) is 26.3 Å². The lowest BCUT2D eigenvalue weighted by molar-refractivity contribution is -0.254. The van der Waals surface area contributed by atoms with E-state index in [0.717, 1.165) is 22.7 Å². The molecule has 2 heterocycles. The number of allylic oxidation sites excluding steroid dienone is 2. The standard InChI is InChI=1S/C25H16F6O2S2/c1-11-19(15-6-4-13(10-32)8-17(15)34-11)21-22(24(28,29)25(30,31)23(21,26)27)20-12(2)35-18-9-14(33-3)5-7-16(18)20/h4-10H,1-3H3. The van der Waals surface area contributed by atoms with Gasteiger partial charge in [0.15, 0.2) is 0 Å². The number of rotatable bonds is 4. The molecule has 0 radical (unpaired) electrons. The highest BCUT2D eigenvalue weighted by Gasteiger charge is 2.80. The van der Waals surface area contributed by atoms with Gasteiger partial charge in [0.2, 0.25) is 0 Å². The maximum absolute atomic E-state index is 15.4. The number of carbonyl (C=O) groups excluding carboxylic acids is 1. The molecule has 0 N–H and O–H groups in total. The Morgan fingerprint density at radius 2 is 1.26 bits per heavy atom. The average molecular weight is 527 g/mol. The van der Waals surface area contributed by atoms with Gasteiger partial charge >= 0.3 is 17.8 Å². The van der Waals surface area contributed by atoms with E-state index >= 15 is 17.6 Å². The van der Waals surface area contributed by atoms with Gasteiger partial charge in [0.1, 0.15) is 12.0 Å². The van der Waals surface area contributed by atoms with E-state index in [-0.39, 0.29) is 37.2 Å². The quantitative estimate of drug-likeness (QED) is 0.197. The van der Waals surface area contributed by atoms with Crippen LogP contribution in [0.25, 0.3) is 31.3 Å². The smallest absolute Gasteiger partial charge is 0.380 e. The first-order chi connectivity index (χ1) is 16.4. The summed E-state index contributed by atoms with van der Waals surface area (Å²) < 4.78 is 97.5. The summed E-state index contributed by atoms with van der Waals surface area (Å²) in [5.41, 5.74) is -3.18. The zero-order valence-electron chi connectivity index (χ0n) is 18.4. The second-order valence-electron chi connectivity index (χ2n) is 8.28. The molecule has 182 valence electrons. The van der Waals surface area contributed by atoms with Gasteiger partial charge in [0, 0.05) is 57.8 Å². The summed E-state index contributed by atoms with van der Waals surface area (Å²) in [4.78, 5) is 11.5. The lowest BCUT2D eigenvalue weighted by Crippen LogP contribution is -2.48. The van der Waals surface area contributed by atoms with Gasteiger partial charge in [-0.05, 0) is 38.1 Å². The molecule has 2 nitrogen and oxygen atoms in total. The van der Waals surface area contributed by atoms with E-state index < -0.39 is 28.9 Å². The Morgan fingerprint density at radius 3 is 1.74 bits per heavy atom. The van der Waals surface area contributed by atoms with Crippen molar-refractivity contribution in [3.63, 3.8) is 0 Å². The molecule has 10 heteroatoms. The molecule has 0 amide bonds. The number of hydrogen-bond donors (Lipinski definition) is 0. The molecule has 0 spiro atoms. The van der Waals surface area contributed by atoms with Crippen LogP contribution < -0.4 is 4.74 Å². The van der Waals surface area contributed by atoms with Crippen LogP contribution in [0.15, 0.2) is 36.4 Å². The third-order valence-electron chi connectivity index (χ3n) is 6.27. The van der Waals surface area contributed by atoms with Crippen molar-refractivity contribution in [3.8, 4) is 5.75 Å². The Balaban J connectivity index is 1.95. The van der Waals surface area contributed by atoms with Crippen LogP contribution in [0.1, 0.15) is 31.2 Å². The summed E-state index contributed by atoms with van der Waals surface area (Å²) in [5, 5.41) is 0.270. The van der Waals surface area contributed by atoms with E-state index in [1.54, 1.807) is 6.07 Å². The monoisotopic (exact) mass is 526 g/mol. The number of halogens is 6. The number of methoxy groups -OCH3 is 1. The SMILES string of the molecule is COc1ccc2c(C3=C(c4c(C)sc5cc(C=O)ccc45)C(F)(F)C(F)(F)C3(F)F)c(C)sc2c1. The Labute approximate surface area is 203 Å². The first-order valence-corrected chi connectivity index (χ1v) is 11.9. The molecule has 35 heavy (non-hydrogen) atoms. The molecule has 2 aromatic carbocycles. The van der Waals surface area contributed by atoms with Gasteiger partial charge in [-0.1, -0.05) is 12.1 Å². The molecule has 0 unspecified atom stereocenters. The molecule has 0 fully saturated rings. The van der Waals surface area contributed by atoms with Crippen molar-refractivity contribution in [2.24, 2.45) is 0 Å². The van der Waals surface area contributed by atoms with Gasteiger partial charge in [-0.25, -0.2) is 0 Å². The van der Waals surface area contributed by atoms with E-state index in [9.17, 15) is 13.6 Å². The lowest BCUT2D eigenvalue weighted by atomic mass is 9.91. The van der Waals surface area contributed by atoms with Crippen molar-refractivity contribution >= 4 is 60.3 Å². The van der Waals surface area contributed by atoms with Crippen LogP contribution in [0.3, 0.4) is 0 Å². The summed E-state index contributed by atoms with van der Waals surface area (Å²) in [6, 6.07) is 8.52. The van der Waals surface area contributed by atoms with Crippen molar-refractivity contribution in [2.75, 3.05) is 7.11 Å². The Morgan fingerprint density at radius 1 is 0.771 bits per heavy atom. The minimum atomic E-state index is -5.65. The van der Waals surface area contributed by atoms with Crippen molar-refractivity contribution in [3.05, 3.63) is 62.8 Å². The molecule has 0 bridgehead atoms. The number of aldehydes is 1. The van der Waals surface area contributed by atoms with Gasteiger partial charge in [0.25, 0.3) is 0 Å². The molecule has 5 rings (SSSR count). The minimum Gasteiger partial charge on any atom is -0.497 e. The van der Waals surface area contributed by atoms with Gasteiger partial charge in [0.05, 0.1) is 7.11 Å². The molecule has 2 aromatic heterocycles. The highest BCUT2D eigenvalue weighted by atomic mass is 32.1. The molecule has 1 aliphatic rings. The number of thiophene rings is 2. The summed E-state index contributed by atoms with van der Waals surface area (Å²) in [6.45, 7) is 2.86. The van der Waals surface area contributed by atoms with Crippen molar-refractivity contribution in [1.82, 2.24) is 0 Å². The van der Waals surface area contributed by atoms with Gasteiger partial charge < -0.3 is 4.74 Å². The van der Waals surface area contributed by atoms with Crippen molar-refractivity contribution < 1.29 is 35.9 Å². The molecule has 1 aliphatic carbocycles. The molecule has 0 aliphatic heterocycles. The highest BCUT2D eigenvalue weighted by Crippen LogP contribution is 2.67. The number of fused-ring (bicyclic) bond motifs is 2. The zero-order valence-corrected chi connectivity index (χ0v) is 20.1. The number of hydrogen-bond acceptors (Lipinski definition) is 4. The van der Waals surface area contributed by atoms with E-state index in [4.69, 9.17) is 4.74 Å². The fraction of sp³-hybridized carbons (Fsp3) is 0.240. The first kappa shape index (κ1) is 23.9. The third kappa shape index (κ3) is 3.05. The predicted octanol–water partition coefficient (Wildman–Crippen LogP) is 8.38. The Bertz CT molecular complexity index is 1560. The number of aryl methyl sites for hydroxylation is 2. The lowest BCUT2D eigenvalue weighted by Gasteiger charge is -2.26. The molecular weight excluding hydrogens is 510 g/mol. The van der Waals surface area contributed by atoms with E-state index in [2.05, 4.69) is 0 Å². The zero-order chi connectivity index (χ0) is 25.5. The van der Waals surface area contributed by atoms with E-state index in [0.29, 0.717) is 21.4 Å². The highest BCUT2D eigenvalue weighted by molar-refractivity contribution is 7.19. The summed E-state index contributed by atoms with van der Waals surface area (Å²) >= 11 is 2.01. The minimum absolute atomic E-state index is 0.109. The van der Waals surface area contributed by atoms with Crippen LogP contribution in [-0.2, 0) is 0 Å². The largest absolute Gasteiger partial charge is 0.497 e. The maximum atomic E-state index is 15.4. The van der Waals surface area contributed by atoms with Crippen LogP contribution in [0, 0.1) is 13.8 Å². The normalized spacial score (nSPS) is 18.5. The number of alkyl halides is 6. The summed E-state index contributed by atoms with van der Waals surface area (Å²) in [6.07, 6.45) is 0.556. The molecule has 0 saturated carbocycles. The maximum Gasteiger partial charge on any atom is 0.380 e. The van der Waals surface area contributed by atoms with E-state index in [1.807, 2.05) is 0 Å². The fourth-order valence-electron chi connectivity index (χ4n) is 4.65. The summed E-state index contributed by atoms with van der Waals surface area (Å²) in [5.74, 6) is -15.5. The van der Waals surface area contributed by atoms with Crippen LogP contribution >= 0.6 is 22.7 Å². The van der Waals surface area contributed by atoms with Gasteiger partial charge in [-0.15, -0.1) is 22.7 Å². The first-order valence-electron chi connectivity index (χ1n) is 10.3. The van der Waals surface area contributed by atoms with E-state index in [1.165, 1.54) is 51.3 Å². The third-order valence-corrected chi connectivity index (χ3v) is 8.40. The van der Waals surface area contributed by atoms with Crippen LogP contribution in [0.4, 0.5) is 26.3 Å². The van der Waals surface area contributed by atoms with Crippen molar-refractivity contribution in [1.29, 1.82) is 0 Å². The Kier molecular flexibility index (Phi) is 5.16. The molecule has 0 atom stereocenters. The summed E-state index contributed by atoms with van der Waals surface area (Å²) in [7, 11) is 1.41. The number of benzene rings is 2. The molecular formula is C25H16F6O2S2. The number of ether oxygens (including phenoxy) is 1. The van der Waals surface area contributed by atoms with Crippen LogP contribution in [-0.4, -0.2) is 31.2 Å². The topological polar surface area (TPSA) is 26.3 Å². The van der Waals surface area contributed by atoms with Crippen LogP contribution in [0.2, 0.25) is 0 Å². The second-order valence-corrected chi connectivity index (χ2v) is 10.8. The van der Waals surface area contributed by atoms with Gasteiger partial charge in [-0.3, -0.25) is 4.79 Å².